The van der Waals surface area contributed by atoms with Gasteiger partial charge in [0.05, 0.1) is 11.1 Å². The lowest BCUT2D eigenvalue weighted by molar-refractivity contribution is 0.584. The van der Waals surface area contributed by atoms with Crippen molar-refractivity contribution in [3.05, 3.63) is 64.8 Å². The molecule has 2 N–H and O–H groups in total. The van der Waals surface area contributed by atoms with E-state index in [0.717, 1.165) is 28.5 Å². The number of benzene rings is 2. The highest BCUT2D eigenvalue weighted by atomic mass is 32.2. The minimum Gasteiger partial charge on any atom is -0.360 e. The first-order valence-electron chi connectivity index (χ1n) is 8.13. The molecule has 0 spiro atoms. The predicted octanol–water partition coefficient (Wildman–Crippen LogP) is 3.66. The fourth-order valence-corrected chi connectivity index (χ4v) is 3.97. The number of para-hydroxylation sites is 1. The van der Waals surface area contributed by atoms with E-state index in [1.807, 2.05) is 31.3 Å². The third-order valence-electron chi connectivity index (χ3n) is 4.22. The van der Waals surface area contributed by atoms with Gasteiger partial charge in [0.1, 0.15) is 0 Å². The fraction of sp³-hybridized carbons (Fsp3) is 0.211. The molecule has 0 aliphatic heterocycles. The first-order chi connectivity index (χ1) is 11.9. The summed E-state index contributed by atoms with van der Waals surface area (Å²) in [5.41, 5.74) is 4.69. The smallest absolute Gasteiger partial charge is 0.276 e. The Labute approximate surface area is 147 Å². The van der Waals surface area contributed by atoms with E-state index < -0.39 is 10.0 Å². The fourth-order valence-electron chi connectivity index (χ4n) is 2.85. The lowest BCUT2D eigenvalue weighted by Crippen LogP contribution is -2.19. The van der Waals surface area contributed by atoms with Crippen molar-refractivity contribution in [1.82, 2.24) is 9.82 Å². The average molecular weight is 355 g/mol. The molecular weight excluding hydrogens is 334 g/mol. The number of hydrogen-bond donors (Lipinski definition) is 2. The summed E-state index contributed by atoms with van der Waals surface area (Å²) in [4.78, 5) is 5.78. The molecule has 0 saturated carbocycles. The molecule has 3 rings (SSSR count). The van der Waals surface area contributed by atoms with E-state index in [2.05, 4.69) is 27.9 Å². The maximum Gasteiger partial charge on any atom is 0.276 e. The first kappa shape index (κ1) is 17.2. The number of hydrogen-bond acceptors (Lipinski definition) is 3. The van der Waals surface area contributed by atoms with Crippen LogP contribution in [0.15, 0.2) is 52.6 Å². The van der Waals surface area contributed by atoms with Gasteiger partial charge in [-0.15, -0.1) is 0 Å². The molecule has 0 aliphatic carbocycles. The molecule has 130 valence electrons. The number of sulfonamides is 1. The molecule has 25 heavy (non-hydrogen) atoms. The molecule has 2 aromatic carbocycles. The molecular formula is C19H21N3O2S. The number of nitrogens with zero attached hydrogens (tertiary/aromatic N) is 1. The molecule has 1 heterocycles. The summed E-state index contributed by atoms with van der Waals surface area (Å²) in [5.74, 6) is 0. The van der Waals surface area contributed by atoms with Crippen molar-refractivity contribution in [3.63, 3.8) is 0 Å². The van der Waals surface area contributed by atoms with Gasteiger partial charge in [-0.1, -0.05) is 37.3 Å². The van der Waals surface area contributed by atoms with Gasteiger partial charge >= 0.3 is 0 Å². The molecule has 0 fully saturated rings. The van der Waals surface area contributed by atoms with E-state index in [1.54, 1.807) is 19.1 Å². The van der Waals surface area contributed by atoms with Crippen LogP contribution in [-0.4, -0.2) is 19.6 Å². The van der Waals surface area contributed by atoms with Gasteiger partial charge < -0.3 is 4.98 Å². The van der Waals surface area contributed by atoms with Crippen LogP contribution in [0, 0.1) is 13.8 Å². The highest BCUT2D eigenvalue weighted by molar-refractivity contribution is 7.89. The molecule has 5 nitrogen and oxygen atoms in total. The van der Waals surface area contributed by atoms with E-state index >= 15 is 0 Å². The summed E-state index contributed by atoms with van der Waals surface area (Å²) in [6, 6.07) is 11.4. The Balaban J connectivity index is 1.87. The first-order valence-corrected chi connectivity index (χ1v) is 9.62. The molecule has 3 aromatic rings. The zero-order valence-electron chi connectivity index (χ0n) is 14.5. The monoisotopic (exact) mass is 355 g/mol. The van der Waals surface area contributed by atoms with E-state index in [0.29, 0.717) is 5.56 Å². The number of aromatic nitrogens is 1. The van der Waals surface area contributed by atoms with E-state index in [9.17, 15) is 8.42 Å². The SMILES string of the molecule is CCc1cccc2c(/C=N/NS(=O)(=O)c3cc(C)ccc3C)c[nH]c12. The number of H-pyrrole nitrogens is 1. The molecule has 0 aliphatic rings. The van der Waals surface area contributed by atoms with Crippen LogP contribution in [0.1, 0.15) is 29.2 Å². The van der Waals surface area contributed by atoms with Gasteiger partial charge in [0.15, 0.2) is 0 Å². The summed E-state index contributed by atoms with van der Waals surface area (Å²) >= 11 is 0. The van der Waals surface area contributed by atoms with Crippen molar-refractivity contribution in [2.24, 2.45) is 5.10 Å². The Bertz CT molecular complexity index is 1050. The molecule has 0 saturated heterocycles. The predicted molar refractivity (Wildman–Crippen MR) is 102 cm³/mol. The number of rotatable bonds is 5. The van der Waals surface area contributed by atoms with Crippen molar-refractivity contribution < 1.29 is 8.42 Å². The maximum atomic E-state index is 12.5. The summed E-state index contributed by atoms with van der Waals surface area (Å²) in [6.45, 7) is 5.73. The van der Waals surface area contributed by atoms with Crippen molar-refractivity contribution in [3.8, 4) is 0 Å². The lowest BCUT2D eigenvalue weighted by atomic mass is 10.1. The topological polar surface area (TPSA) is 74.3 Å². The molecule has 0 atom stereocenters. The average Bonchev–Trinajstić information content (AvgIpc) is 3.00. The molecule has 6 heteroatoms. The Morgan fingerprint density at radius 1 is 1.20 bits per heavy atom. The van der Waals surface area contributed by atoms with Crippen LogP contribution in [-0.2, 0) is 16.4 Å². The highest BCUT2D eigenvalue weighted by Crippen LogP contribution is 2.21. The Kier molecular flexibility index (Phi) is 4.63. The molecule has 0 bridgehead atoms. The normalized spacial score (nSPS) is 12.1. The van der Waals surface area contributed by atoms with Gasteiger partial charge in [0.2, 0.25) is 0 Å². The van der Waals surface area contributed by atoms with Crippen molar-refractivity contribution >= 4 is 27.1 Å². The second-order valence-electron chi connectivity index (χ2n) is 6.06. The quantitative estimate of drug-likeness (QED) is 0.541. The van der Waals surface area contributed by atoms with Crippen LogP contribution < -0.4 is 4.83 Å². The standard InChI is InChI=1S/C19H21N3O2S/c1-4-15-6-5-7-17-16(11-20-19(15)17)12-21-22-25(23,24)18-10-13(2)8-9-14(18)3/h5-12,20,22H,4H2,1-3H3/b21-12+. The second kappa shape index (κ2) is 6.72. The number of fused-ring (bicyclic) bond motifs is 1. The van der Waals surface area contributed by atoms with Gasteiger partial charge in [-0.25, -0.2) is 4.83 Å². The molecule has 0 radical (unpaired) electrons. The van der Waals surface area contributed by atoms with Gasteiger partial charge in [-0.05, 0) is 43.0 Å². The van der Waals surface area contributed by atoms with Crippen molar-refractivity contribution in [2.75, 3.05) is 0 Å². The number of aryl methyl sites for hydroxylation is 3. The van der Waals surface area contributed by atoms with Gasteiger partial charge in [0, 0.05) is 22.7 Å². The summed E-state index contributed by atoms with van der Waals surface area (Å²) in [6.07, 6.45) is 4.29. The highest BCUT2D eigenvalue weighted by Gasteiger charge is 2.16. The van der Waals surface area contributed by atoms with Gasteiger partial charge in [-0.3, -0.25) is 0 Å². The number of hydrazone groups is 1. The molecule has 0 amide bonds. The third kappa shape index (κ3) is 3.44. The zero-order valence-corrected chi connectivity index (χ0v) is 15.3. The minimum absolute atomic E-state index is 0.247. The molecule has 1 aromatic heterocycles. The molecule has 0 unspecified atom stereocenters. The largest absolute Gasteiger partial charge is 0.360 e. The van der Waals surface area contributed by atoms with Crippen LogP contribution in [0.4, 0.5) is 0 Å². The summed E-state index contributed by atoms with van der Waals surface area (Å²) < 4.78 is 24.9. The van der Waals surface area contributed by atoms with Crippen LogP contribution >= 0.6 is 0 Å². The Morgan fingerprint density at radius 2 is 2.00 bits per heavy atom. The van der Waals surface area contributed by atoms with E-state index in [1.165, 1.54) is 11.8 Å². The van der Waals surface area contributed by atoms with Crippen LogP contribution in [0.5, 0.6) is 0 Å². The van der Waals surface area contributed by atoms with Crippen molar-refractivity contribution in [2.45, 2.75) is 32.1 Å². The minimum atomic E-state index is -3.69. The number of nitrogens with one attached hydrogen (secondary N) is 2. The second-order valence-corrected chi connectivity index (χ2v) is 7.69. The Hall–Kier alpha value is -2.60. The zero-order chi connectivity index (χ0) is 18.0. The van der Waals surface area contributed by atoms with E-state index in [-0.39, 0.29) is 4.90 Å². The maximum absolute atomic E-state index is 12.5. The number of aromatic amines is 1. The summed E-state index contributed by atoms with van der Waals surface area (Å²) in [7, 11) is -3.69. The van der Waals surface area contributed by atoms with Gasteiger partial charge in [0.25, 0.3) is 10.0 Å². The van der Waals surface area contributed by atoms with E-state index in [4.69, 9.17) is 0 Å². The van der Waals surface area contributed by atoms with Crippen molar-refractivity contribution in [1.29, 1.82) is 0 Å². The Morgan fingerprint density at radius 3 is 2.76 bits per heavy atom. The third-order valence-corrected chi connectivity index (χ3v) is 5.59. The lowest BCUT2D eigenvalue weighted by Gasteiger charge is -2.07. The summed E-state index contributed by atoms with van der Waals surface area (Å²) in [5, 5.41) is 4.98. The van der Waals surface area contributed by atoms with Crippen LogP contribution in [0.25, 0.3) is 10.9 Å². The van der Waals surface area contributed by atoms with Gasteiger partial charge in [-0.2, -0.15) is 13.5 Å². The van der Waals surface area contributed by atoms with Crippen LogP contribution in [0.3, 0.4) is 0 Å². The van der Waals surface area contributed by atoms with Crippen LogP contribution in [0.2, 0.25) is 0 Å².